The van der Waals surface area contributed by atoms with E-state index >= 15 is 0 Å². The fourth-order valence-electron chi connectivity index (χ4n) is 2.98. The number of carbonyl (C=O) groups is 1. The van der Waals surface area contributed by atoms with E-state index in [2.05, 4.69) is 5.32 Å². The normalized spacial score (nSPS) is 15.0. The Balaban J connectivity index is 1.59. The van der Waals surface area contributed by atoms with Gasteiger partial charge < -0.3 is 10.2 Å². The highest BCUT2D eigenvalue weighted by atomic mass is 19.1. The van der Waals surface area contributed by atoms with Crippen LogP contribution in [-0.4, -0.2) is 34.9 Å². The van der Waals surface area contributed by atoms with Crippen LogP contribution in [0.25, 0.3) is 0 Å². The molecule has 0 atom stereocenters. The molecule has 130 valence electrons. The predicted molar refractivity (Wildman–Crippen MR) is 92.0 cm³/mol. The van der Waals surface area contributed by atoms with E-state index in [0.717, 1.165) is 18.5 Å². The van der Waals surface area contributed by atoms with E-state index in [9.17, 15) is 19.3 Å². The maximum atomic E-state index is 13.2. The second-order valence-electron chi connectivity index (χ2n) is 6.03. The Hall–Kier alpha value is -2.96. The van der Waals surface area contributed by atoms with Crippen LogP contribution in [0.4, 0.5) is 15.8 Å². The zero-order chi connectivity index (χ0) is 17.8. The average molecular weight is 343 g/mol. The highest BCUT2D eigenvalue weighted by molar-refractivity contribution is 5.94. The second-order valence-corrected chi connectivity index (χ2v) is 6.03. The summed E-state index contributed by atoms with van der Waals surface area (Å²) >= 11 is 0. The lowest BCUT2D eigenvalue weighted by atomic mass is 10.0. The number of benzene rings is 2. The van der Waals surface area contributed by atoms with Gasteiger partial charge in [-0.15, -0.1) is 0 Å². The lowest BCUT2D eigenvalue weighted by Crippen LogP contribution is -2.42. The third kappa shape index (κ3) is 4.12. The molecule has 0 unspecified atom stereocenters. The molecule has 0 spiro atoms. The largest absolute Gasteiger partial charge is 0.382 e. The number of hydrogen-bond donors (Lipinski definition) is 1. The minimum Gasteiger partial charge on any atom is -0.382 e. The third-order valence-electron chi connectivity index (χ3n) is 4.28. The van der Waals surface area contributed by atoms with Crippen molar-refractivity contribution in [3.63, 3.8) is 0 Å². The van der Waals surface area contributed by atoms with E-state index in [1.165, 1.54) is 30.3 Å². The van der Waals surface area contributed by atoms with E-state index in [4.69, 9.17) is 0 Å². The molecule has 1 aliphatic rings. The first kappa shape index (κ1) is 16.9. The Morgan fingerprint density at radius 3 is 2.56 bits per heavy atom. The molecule has 1 aliphatic heterocycles. The van der Waals surface area contributed by atoms with Gasteiger partial charge in [0.2, 0.25) is 0 Å². The van der Waals surface area contributed by atoms with Gasteiger partial charge in [0.25, 0.3) is 11.6 Å². The van der Waals surface area contributed by atoms with E-state index in [0.29, 0.717) is 18.7 Å². The molecule has 6 nitrogen and oxygen atoms in total. The summed E-state index contributed by atoms with van der Waals surface area (Å²) in [5, 5.41) is 14.1. The van der Waals surface area contributed by atoms with Crippen LogP contribution in [0.2, 0.25) is 0 Å². The number of non-ortho nitro benzene ring substituents is 1. The Morgan fingerprint density at radius 1 is 1.16 bits per heavy atom. The highest BCUT2D eigenvalue weighted by Crippen LogP contribution is 2.20. The number of nitrogens with one attached hydrogen (secondary N) is 1. The number of anilines is 1. The number of carbonyl (C=O) groups excluding carboxylic acids is 1. The molecular weight excluding hydrogens is 325 g/mol. The minimum absolute atomic E-state index is 0.0893. The summed E-state index contributed by atoms with van der Waals surface area (Å²) < 4.78 is 13.2. The van der Waals surface area contributed by atoms with Crippen LogP contribution in [0.15, 0.2) is 48.5 Å². The third-order valence-corrected chi connectivity index (χ3v) is 4.28. The van der Waals surface area contributed by atoms with Crippen molar-refractivity contribution in [3.8, 4) is 0 Å². The van der Waals surface area contributed by atoms with Crippen molar-refractivity contribution in [3.05, 3.63) is 70.0 Å². The van der Waals surface area contributed by atoms with Crippen LogP contribution in [0, 0.1) is 15.9 Å². The van der Waals surface area contributed by atoms with E-state index in [1.807, 2.05) is 6.07 Å². The molecule has 0 aromatic heterocycles. The van der Waals surface area contributed by atoms with Crippen LogP contribution in [0.3, 0.4) is 0 Å². The number of halogens is 1. The van der Waals surface area contributed by atoms with Crippen LogP contribution < -0.4 is 5.32 Å². The molecule has 1 heterocycles. The van der Waals surface area contributed by atoms with Gasteiger partial charge in [0.05, 0.1) is 4.92 Å². The maximum absolute atomic E-state index is 13.2. The molecule has 2 aromatic rings. The molecule has 1 amide bonds. The van der Waals surface area contributed by atoms with Gasteiger partial charge in [-0.25, -0.2) is 4.39 Å². The second kappa shape index (κ2) is 7.29. The molecule has 0 aliphatic carbocycles. The zero-order valence-corrected chi connectivity index (χ0v) is 13.5. The smallest absolute Gasteiger partial charge is 0.270 e. The number of rotatable bonds is 4. The number of nitrogens with zero attached hydrogens (tertiary/aromatic N) is 2. The van der Waals surface area contributed by atoms with Gasteiger partial charge in [0.1, 0.15) is 5.82 Å². The summed E-state index contributed by atoms with van der Waals surface area (Å²) in [6.45, 7) is 1.10. The van der Waals surface area contributed by atoms with Gasteiger partial charge in [0, 0.05) is 42.5 Å². The number of amides is 1. The molecule has 1 saturated heterocycles. The summed E-state index contributed by atoms with van der Waals surface area (Å²) in [7, 11) is 0. The molecule has 0 saturated carbocycles. The first-order chi connectivity index (χ1) is 12.0. The van der Waals surface area contributed by atoms with Crippen molar-refractivity contribution in [2.24, 2.45) is 0 Å². The molecule has 25 heavy (non-hydrogen) atoms. The Bertz CT molecular complexity index is 789. The van der Waals surface area contributed by atoms with Crippen LogP contribution >= 0.6 is 0 Å². The van der Waals surface area contributed by atoms with Gasteiger partial charge >= 0.3 is 0 Å². The van der Waals surface area contributed by atoms with Gasteiger partial charge in [-0.2, -0.15) is 0 Å². The van der Waals surface area contributed by atoms with E-state index < -0.39 is 4.92 Å². The lowest BCUT2D eigenvalue weighted by Gasteiger charge is -2.33. The van der Waals surface area contributed by atoms with Crippen LogP contribution in [-0.2, 0) is 0 Å². The highest BCUT2D eigenvalue weighted by Gasteiger charge is 2.24. The van der Waals surface area contributed by atoms with E-state index in [-0.39, 0.29) is 23.5 Å². The standard InChI is InChI=1S/C18H18FN3O3/c19-14-4-2-5-16(12-14)20-15-7-9-21(10-8-15)18(23)13-3-1-6-17(11-13)22(24)25/h1-6,11-12,15,20H,7-10H2. The van der Waals surface area contributed by atoms with Crippen molar-refractivity contribution in [2.75, 3.05) is 18.4 Å². The molecule has 1 N–H and O–H groups in total. The fourth-order valence-corrected chi connectivity index (χ4v) is 2.98. The minimum atomic E-state index is -0.508. The maximum Gasteiger partial charge on any atom is 0.270 e. The molecule has 3 rings (SSSR count). The van der Waals surface area contributed by atoms with Gasteiger partial charge in [-0.3, -0.25) is 14.9 Å². The first-order valence-electron chi connectivity index (χ1n) is 8.09. The lowest BCUT2D eigenvalue weighted by molar-refractivity contribution is -0.384. The number of nitro benzene ring substituents is 1. The quantitative estimate of drug-likeness (QED) is 0.681. The van der Waals surface area contributed by atoms with Gasteiger partial charge in [-0.05, 0) is 37.1 Å². The number of likely N-dealkylation sites (tertiary alicyclic amines) is 1. The molecule has 0 radical (unpaired) electrons. The zero-order valence-electron chi connectivity index (χ0n) is 13.5. The number of nitro groups is 1. The van der Waals surface area contributed by atoms with Gasteiger partial charge in [-0.1, -0.05) is 12.1 Å². The topological polar surface area (TPSA) is 75.5 Å². The molecule has 1 fully saturated rings. The van der Waals surface area contributed by atoms with Crippen molar-refractivity contribution in [1.29, 1.82) is 0 Å². The summed E-state index contributed by atoms with van der Waals surface area (Å²) in [5.41, 5.74) is 0.961. The Kier molecular flexibility index (Phi) is 4.92. The number of hydrogen-bond acceptors (Lipinski definition) is 4. The monoisotopic (exact) mass is 343 g/mol. The van der Waals surface area contributed by atoms with Crippen LogP contribution in [0.1, 0.15) is 23.2 Å². The van der Waals surface area contributed by atoms with E-state index in [1.54, 1.807) is 17.0 Å². The van der Waals surface area contributed by atoms with Crippen molar-refractivity contribution in [2.45, 2.75) is 18.9 Å². The fraction of sp³-hybridized carbons (Fsp3) is 0.278. The molecule has 2 aromatic carbocycles. The van der Waals surface area contributed by atoms with Crippen molar-refractivity contribution in [1.82, 2.24) is 4.90 Å². The summed E-state index contributed by atoms with van der Waals surface area (Å²) in [5.74, 6) is -0.490. The van der Waals surface area contributed by atoms with Crippen molar-refractivity contribution < 1.29 is 14.1 Å². The SMILES string of the molecule is O=C(c1cccc([N+](=O)[O-])c1)N1CCC(Nc2cccc(F)c2)CC1. The van der Waals surface area contributed by atoms with Crippen LogP contribution in [0.5, 0.6) is 0 Å². The first-order valence-corrected chi connectivity index (χ1v) is 8.09. The summed E-state index contributed by atoms with van der Waals surface area (Å²) in [6, 6.07) is 12.2. The molecule has 7 heteroatoms. The van der Waals surface area contributed by atoms with Gasteiger partial charge in [0.15, 0.2) is 0 Å². The predicted octanol–water partition coefficient (Wildman–Crippen LogP) is 3.45. The summed E-state index contributed by atoms with van der Waals surface area (Å²) in [6.07, 6.45) is 1.47. The molecular formula is C18H18FN3O3. The number of piperidine rings is 1. The Morgan fingerprint density at radius 2 is 1.88 bits per heavy atom. The molecule has 0 bridgehead atoms. The van der Waals surface area contributed by atoms with Crippen molar-refractivity contribution >= 4 is 17.3 Å². The Labute approximate surface area is 144 Å². The average Bonchev–Trinajstić information content (AvgIpc) is 2.62. The summed E-state index contributed by atoms with van der Waals surface area (Å²) in [4.78, 5) is 24.5.